The number of aromatic hydroxyl groups is 1. The Kier molecular flexibility index (Phi) is 2.55. The van der Waals surface area contributed by atoms with Crippen molar-refractivity contribution in [2.45, 2.75) is 13.5 Å². The van der Waals surface area contributed by atoms with Crippen LogP contribution < -0.4 is 10.5 Å². The molecule has 0 saturated heterocycles. The van der Waals surface area contributed by atoms with Crippen LogP contribution in [0.1, 0.15) is 11.1 Å². The van der Waals surface area contributed by atoms with Gasteiger partial charge >= 0.3 is 0 Å². The summed E-state index contributed by atoms with van der Waals surface area (Å²) in [5, 5.41) is 9.55. The Bertz CT molecular complexity index is 284. The van der Waals surface area contributed by atoms with Crippen LogP contribution in [0.5, 0.6) is 11.5 Å². The van der Waals surface area contributed by atoms with E-state index in [0.717, 1.165) is 5.56 Å². The van der Waals surface area contributed by atoms with E-state index in [0.29, 0.717) is 11.3 Å². The van der Waals surface area contributed by atoms with Crippen LogP contribution >= 0.6 is 0 Å². The second-order valence-corrected chi connectivity index (χ2v) is 2.62. The lowest BCUT2D eigenvalue weighted by molar-refractivity contribution is 0.399. The fourth-order valence-corrected chi connectivity index (χ4v) is 1.12. The molecule has 0 radical (unpaired) electrons. The summed E-state index contributed by atoms with van der Waals surface area (Å²) in [6.45, 7) is 2.12. The first kappa shape index (κ1) is 8.87. The van der Waals surface area contributed by atoms with E-state index < -0.39 is 0 Å². The Balaban J connectivity index is 3.25. The van der Waals surface area contributed by atoms with Gasteiger partial charge in [-0.3, -0.25) is 0 Å². The second-order valence-electron chi connectivity index (χ2n) is 2.62. The van der Waals surface area contributed by atoms with Crippen molar-refractivity contribution in [2.24, 2.45) is 5.73 Å². The minimum atomic E-state index is 0.233. The van der Waals surface area contributed by atoms with E-state index in [-0.39, 0.29) is 12.3 Å². The molecule has 3 N–H and O–H groups in total. The zero-order chi connectivity index (χ0) is 9.14. The summed E-state index contributed by atoms with van der Waals surface area (Å²) in [6.07, 6.45) is 0. The average molecular weight is 167 g/mol. The fourth-order valence-electron chi connectivity index (χ4n) is 1.12. The van der Waals surface area contributed by atoms with Crippen LogP contribution in [-0.2, 0) is 6.54 Å². The molecule has 0 unspecified atom stereocenters. The lowest BCUT2D eigenvalue weighted by atomic mass is 10.1. The van der Waals surface area contributed by atoms with Crippen LogP contribution in [0.15, 0.2) is 12.1 Å². The monoisotopic (exact) mass is 167 g/mol. The number of benzene rings is 1. The summed E-state index contributed by atoms with van der Waals surface area (Å²) >= 11 is 0. The number of hydrogen-bond donors (Lipinski definition) is 2. The van der Waals surface area contributed by atoms with Crippen molar-refractivity contribution in [2.75, 3.05) is 7.11 Å². The predicted octanol–water partition coefficient (Wildman–Crippen LogP) is 1.17. The zero-order valence-electron chi connectivity index (χ0n) is 7.29. The number of phenolic OH excluding ortho intramolecular Hbond substituents is 1. The first-order valence-electron chi connectivity index (χ1n) is 3.76. The van der Waals surface area contributed by atoms with Crippen molar-refractivity contribution in [1.29, 1.82) is 0 Å². The van der Waals surface area contributed by atoms with Crippen LogP contribution in [0.25, 0.3) is 0 Å². The van der Waals surface area contributed by atoms with Gasteiger partial charge in [0, 0.05) is 12.1 Å². The maximum absolute atomic E-state index is 9.55. The molecule has 0 spiro atoms. The molecular formula is C9H13NO2. The van der Waals surface area contributed by atoms with Gasteiger partial charge in [-0.05, 0) is 18.6 Å². The quantitative estimate of drug-likeness (QED) is 0.695. The molecule has 66 valence electrons. The van der Waals surface area contributed by atoms with Gasteiger partial charge < -0.3 is 15.6 Å². The van der Waals surface area contributed by atoms with E-state index in [4.69, 9.17) is 10.5 Å². The maximum atomic E-state index is 9.55. The van der Waals surface area contributed by atoms with Gasteiger partial charge in [-0.1, -0.05) is 6.07 Å². The van der Waals surface area contributed by atoms with Gasteiger partial charge in [0.15, 0.2) is 0 Å². The smallest absolute Gasteiger partial charge is 0.127 e. The largest absolute Gasteiger partial charge is 0.507 e. The SMILES string of the molecule is COc1ccc(C)c(O)c1CN. The molecule has 0 heterocycles. The molecule has 0 amide bonds. The molecule has 1 aromatic rings. The Labute approximate surface area is 71.8 Å². The van der Waals surface area contributed by atoms with Gasteiger partial charge in [0.2, 0.25) is 0 Å². The van der Waals surface area contributed by atoms with Gasteiger partial charge in [-0.25, -0.2) is 0 Å². The summed E-state index contributed by atoms with van der Waals surface area (Å²) in [5.41, 5.74) is 6.94. The van der Waals surface area contributed by atoms with Gasteiger partial charge in [0.05, 0.1) is 7.11 Å². The lowest BCUT2D eigenvalue weighted by Gasteiger charge is -2.09. The molecule has 3 nitrogen and oxygen atoms in total. The number of nitrogens with two attached hydrogens (primary N) is 1. The highest BCUT2D eigenvalue weighted by atomic mass is 16.5. The standard InChI is InChI=1S/C9H13NO2/c1-6-3-4-8(12-2)7(5-10)9(6)11/h3-4,11H,5,10H2,1-2H3. The third-order valence-electron chi connectivity index (χ3n) is 1.87. The highest BCUT2D eigenvalue weighted by Gasteiger charge is 2.08. The number of hydrogen-bond acceptors (Lipinski definition) is 3. The molecule has 0 fully saturated rings. The predicted molar refractivity (Wildman–Crippen MR) is 47.3 cm³/mol. The van der Waals surface area contributed by atoms with Crippen LogP contribution in [0.4, 0.5) is 0 Å². The first-order valence-corrected chi connectivity index (χ1v) is 3.76. The van der Waals surface area contributed by atoms with Crippen molar-refractivity contribution >= 4 is 0 Å². The molecule has 0 atom stereocenters. The van der Waals surface area contributed by atoms with Crippen molar-refractivity contribution in [3.63, 3.8) is 0 Å². The van der Waals surface area contributed by atoms with Crippen molar-refractivity contribution in [3.05, 3.63) is 23.3 Å². The summed E-state index contributed by atoms with van der Waals surface area (Å²) in [4.78, 5) is 0. The normalized spacial score (nSPS) is 9.92. The van der Waals surface area contributed by atoms with E-state index in [9.17, 15) is 5.11 Å². The van der Waals surface area contributed by atoms with E-state index in [2.05, 4.69) is 0 Å². The maximum Gasteiger partial charge on any atom is 0.127 e. The number of rotatable bonds is 2. The van der Waals surface area contributed by atoms with Gasteiger partial charge in [-0.2, -0.15) is 0 Å². The molecule has 0 aliphatic rings. The summed E-state index contributed by atoms with van der Waals surface area (Å²) in [7, 11) is 1.56. The molecule has 0 saturated carbocycles. The Hall–Kier alpha value is -1.22. The van der Waals surface area contributed by atoms with Crippen molar-refractivity contribution in [1.82, 2.24) is 0 Å². The highest BCUT2D eigenvalue weighted by molar-refractivity contribution is 5.48. The molecule has 1 aromatic carbocycles. The highest BCUT2D eigenvalue weighted by Crippen LogP contribution is 2.29. The van der Waals surface area contributed by atoms with E-state index >= 15 is 0 Å². The number of phenols is 1. The second kappa shape index (κ2) is 3.45. The van der Waals surface area contributed by atoms with E-state index in [1.54, 1.807) is 19.2 Å². The van der Waals surface area contributed by atoms with Gasteiger partial charge in [-0.15, -0.1) is 0 Å². The molecule has 1 rings (SSSR count). The van der Waals surface area contributed by atoms with E-state index in [1.807, 2.05) is 6.92 Å². The Morgan fingerprint density at radius 1 is 1.50 bits per heavy atom. The Morgan fingerprint density at radius 3 is 2.67 bits per heavy atom. The first-order chi connectivity index (χ1) is 5.70. The van der Waals surface area contributed by atoms with Crippen molar-refractivity contribution in [3.8, 4) is 11.5 Å². The minimum absolute atomic E-state index is 0.233. The van der Waals surface area contributed by atoms with Crippen LogP contribution in [-0.4, -0.2) is 12.2 Å². The molecule has 3 heteroatoms. The average Bonchev–Trinajstić information content (AvgIpc) is 2.09. The summed E-state index contributed by atoms with van der Waals surface area (Å²) < 4.78 is 5.03. The molecule has 0 aliphatic heterocycles. The fraction of sp³-hybridized carbons (Fsp3) is 0.333. The molecule has 12 heavy (non-hydrogen) atoms. The summed E-state index contributed by atoms with van der Waals surface area (Å²) in [5.74, 6) is 0.873. The zero-order valence-corrected chi connectivity index (χ0v) is 7.29. The number of aryl methyl sites for hydroxylation is 1. The molecule has 0 aliphatic carbocycles. The van der Waals surface area contributed by atoms with Gasteiger partial charge in [0.1, 0.15) is 11.5 Å². The lowest BCUT2D eigenvalue weighted by Crippen LogP contribution is -2.00. The number of methoxy groups -OCH3 is 1. The topological polar surface area (TPSA) is 55.5 Å². The van der Waals surface area contributed by atoms with Crippen LogP contribution in [0, 0.1) is 6.92 Å². The summed E-state index contributed by atoms with van der Waals surface area (Å²) in [6, 6.07) is 3.60. The minimum Gasteiger partial charge on any atom is -0.507 e. The van der Waals surface area contributed by atoms with Crippen LogP contribution in [0.2, 0.25) is 0 Å². The van der Waals surface area contributed by atoms with Crippen LogP contribution in [0.3, 0.4) is 0 Å². The van der Waals surface area contributed by atoms with Crippen molar-refractivity contribution < 1.29 is 9.84 Å². The molecular weight excluding hydrogens is 154 g/mol. The molecule has 0 aromatic heterocycles. The Morgan fingerprint density at radius 2 is 2.17 bits per heavy atom. The third-order valence-corrected chi connectivity index (χ3v) is 1.87. The van der Waals surface area contributed by atoms with E-state index in [1.165, 1.54) is 0 Å². The number of ether oxygens (including phenoxy) is 1. The van der Waals surface area contributed by atoms with Gasteiger partial charge in [0.25, 0.3) is 0 Å². The molecule has 0 bridgehead atoms. The third kappa shape index (κ3) is 1.36.